The molecule has 0 aromatic heterocycles. The second-order valence-electron chi connectivity index (χ2n) is 5.11. The van der Waals surface area contributed by atoms with Gasteiger partial charge in [-0.15, -0.1) is 0 Å². The molecule has 1 aliphatic rings. The molecule has 19 heavy (non-hydrogen) atoms. The van der Waals surface area contributed by atoms with Crippen molar-refractivity contribution < 1.29 is 9.90 Å². The molecule has 1 unspecified atom stereocenters. The van der Waals surface area contributed by atoms with Crippen LogP contribution in [0.3, 0.4) is 0 Å². The van der Waals surface area contributed by atoms with E-state index in [9.17, 15) is 9.90 Å². The van der Waals surface area contributed by atoms with Crippen LogP contribution in [0.25, 0.3) is 0 Å². The minimum Gasteiger partial charge on any atom is -0.480 e. The van der Waals surface area contributed by atoms with Crippen LogP contribution in [-0.2, 0) is 11.2 Å². The molecule has 1 atom stereocenters. The van der Waals surface area contributed by atoms with Gasteiger partial charge < -0.3 is 10.4 Å². The molecular weight excluding hydrogens is 240 g/mol. The minimum absolute atomic E-state index is 0.360. The van der Waals surface area contributed by atoms with Crippen LogP contribution in [0.2, 0.25) is 0 Å². The summed E-state index contributed by atoms with van der Waals surface area (Å²) in [6.45, 7) is 5.49. The van der Waals surface area contributed by atoms with Gasteiger partial charge in [0.25, 0.3) is 0 Å². The minimum atomic E-state index is -0.699. The van der Waals surface area contributed by atoms with Crippen LogP contribution in [0.1, 0.15) is 17.5 Å². The highest BCUT2D eigenvalue weighted by Gasteiger charge is 2.26. The van der Waals surface area contributed by atoms with Crippen molar-refractivity contribution in [1.82, 2.24) is 10.2 Å². The number of piperazine rings is 1. The van der Waals surface area contributed by atoms with E-state index in [4.69, 9.17) is 0 Å². The highest BCUT2D eigenvalue weighted by atomic mass is 16.4. The number of carbonyl (C=O) groups is 1. The maximum atomic E-state index is 11.4. The van der Waals surface area contributed by atoms with Crippen molar-refractivity contribution in [2.24, 2.45) is 0 Å². The molecule has 104 valence electrons. The normalized spacial score (nSPS) is 18.2. The van der Waals surface area contributed by atoms with Crippen LogP contribution >= 0.6 is 0 Å². The highest BCUT2D eigenvalue weighted by Crippen LogP contribution is 2.14. The third kappa shape index (κ3) is 3.78. The van der Waals surface area contributed by atoms with Gasteiger partial charge in [-0.2, -0.15) is 0 Å². The lowest BCUT2D eigenvalue weighted by Gasteiger charge is -2.32. The van der Waals surface area contributed by atoms with E-state index in [2.05, 4.69) is 29.3 Å². The van der Waals surface area contributed by atoms with Gasteiger partial charge in [0.2, 0.25) is 0 Å². The lowest BCUT2D eigenvalue weighted by Crippen LogP contribution is -2.51. The molecule has 1 fully saturated rings. The molecule has 0 spiro atoms. The van der Waals surface area contributed by atoms with Crippen molar-refractivity contribution in [1.29, 1.82) is 0 Å². The summed E-state index contributed by atoms with van der Waals surface area (Å²) in [5.41, 5.74) is 2.50. The van der Waals surface area contributed by atoms with E-state index in [1.807, 2.05) is 12.1 Å². The number of benzene rings is 1. The van der Waals surface area contributed by atoms with Gasteiger partial charge in [-0.3, -0.25) is 9.69 Å². The molecule has 2 rings (SSSR count). The van der Waals surface area contributed by atoms with Crippen molar-refractivity contribution in [3.8, 4) is 0 Å². The van der Waals surface area contributed by atoms with Crippen molar-refractivity contribution in [2.75, 3.05) is 26.2 Å². The van der Waals surface area contributed by atoms with Crippen molar-refractivity contribution in [3.05, 3.63) is 35.4 Å². The lowest BCUT2D eigenvalue weighted by molar-refractivity contribution is -0.143. The maximum Gasteiger partial charge on any atom is 0.320 e. The summed E-state index contributed by atoms with van der Waals surface area (Å²) in [5.74, 6) is -0.699. The molecule has 0 saturated carbocycles. The number of hydrogen-bond donors (Lipinski definition) is 2. The van der Waals surface area contributed by atoms with E-state index in [1.54, 1.807) is 0 Å². The number of nitrogens with zero attached hydrogens (tertiary/aromatic N) is 1. The fraction of sp³-hybridized carbons (Fsp3) is 0.533. The van der Waals surface area contributed by atoms with E-state index in [0.29, 0.717) is 6.42 Å². The topological polar surface area (TPSA) is 52.6 Å². The molecule has 0 amide bonds. The van der Waals surface area contributed by atoms with E-state index in [0.717, 1.165) is 32.6 Å². The maximum absolute atomic E-state index is 11.4. The van der Waals surface area contributed by atoms with Crippen LogP contribution in [-0.4, -0.2) is 48.2 Å². The van der Waals surface area contributed by atoms with E-state index in [1.165, 1.54) is 11.1 Å². The zero-order valence-electron chi connectivity index (χ0n) is 11.4. The lowest BCUT2D eigenvalue weighted by atomic mass is 10.00. The van der Waals surface area contributed by atoms with Gasteiger partial charge in [-0.1, -0.05) is 24.3 Å². The fourth-order valence-corrected chi connectivity index (χ4v) is 2.64. The van der Waals surface area contributed by atoms with Gasteiger partial charge in [0.1, 0.15) is 6.04 Å². The van der Waals surface area contributed by atoms with Crippen molar-refractivity contribution in [2.45, 2.75) is 25.8 Å². The second-order valence-corrected chi connectivity index (χ2v) is 5.11. The number of carboxylic acid groups (broad SMARTS) is 1. The Morgan fingerprint density at radius 1 is 1.37 bits per heavy atom. The number of hydrogen-bond acceptors (Lipinski definition) is 3. The van der Waals surface area contributed by atoms with Crippen LogP contribution in [0, 0.1) is 6.92 Å². The monoisotopic (exact) mass is 262 g/mol. The van der Waals surface area contributed by atoms with Gasteiger partial charge in [0.15, 0.2) is 0 Å². The van der Waals surface area contributed by atoms with Crippen LogP contribution in [0.15, 0.2) is 24.3 Å². The van der Waals surface area contributed by atoms with Crippen molar-refractivity contribution >= 4 is 5.97 Å². The quantitative estimate of drug-likeness (QED) is 0.839. The molecular formula is C15H22N2O2. The van der Waals surface area contributed by atoms with Gasteiger partial charge in [-0.25, -0.2) is 0 Å². The third-order valence-corrected chi connectivity index (χ3v) is 3.83. The molecule has 4 heteroatoms. The summed E-state index contributed by atoms with van der Waals surface area (Å²) in [5, 5.41) is 12.7. The first-order valence-corrected chi connectivity index (χ1v) is 6.90. The molecule has 1 heterocycles. The van der Waals surface area contributed by atoms with E-state index < -0.39 is 5.97 Å². The number of nitrogens with one attached hydrogen (secondary N) is 1. The van der Waals surface area contributed by atoms with Crippen molar-refractivity contribution in [3.63, 3.8) is 0 Å². The molecule has 2 N–H and O–H groups in total. The fourth-order valence-electron chi connectivity index (χ4n) is 2.64. The molecule has 1 aromatic carbocycles. The smallest absolute Gasteiger partial charge is 0.320 e. The summed E-state index contributed by atoms with van der Waals surface area (Å²) in [6, 6.07) is 7.84. The Bertz CT molecular complexity index is 428. The molecule has 0 bridgehead atoms. The molecule has 0 aliphatic carbocycles. The largest absolute Gasteiger partial charge is 0.480 e. The molecule has 0 radical (unpaired) electrons. The zero-order valence-corrected chi connectivity index (χ0v) is 11.4. The number of aliphatic carboxylic acids is 1. The predicted molar refractivity (Wildman–Crippen MR) is 75.4 cm³/mol. The average molecular weight is 262 g/mol. The van der Waals surface area contributed by atoms with Crippen LogP contribution in [0.5, 0.6) is 0 Å². The summed E-state index contributed by atoms with van der Waals surface area (Å²) >= 11 is 0. The third-order valence-electron chi connectivity index (χ3n) is 3.83. The Morgan fingerprint density at radius 3 is 2.68 bits per heavy atom. The Balaban J connectivity index is 1.97. The summed E-state index contributed by atoms with van der Waals surface area (Å²) in [6.07, 6.45) is 1.51. The standard InChI is InChI=1S/C15H22N2O2/c1-12-4-2-3-5-13(12)6-7-14(15(18)19)17-10-8-16-9-11-17/h2-5,14,16H,6-11H2,1H3,(H,18,19). The van der Waals surface area contributed by atoms with Crippen LogP contribution < -0.4 is 5.32 Å². The predicted octanol–water partition coefficient (Wildman–Crippen LogP) is 1.29. The Morgan fingerprint density at radius 2 is 2.05 bits per heavy atom. The number of aryl methyl sites for hydroxylation is 2. The number of rotatable bonds is 5. The molecule has 1 aliphatic heterocycles. The molecule has 1 aromatic rings. The van der Waals surface area contributed by atoms with Crippen LogP contribution in [0.4, 0.5) is 0 Å². The SMILES string of the molecule is Cc1ccccc1CCC(C(=O)O)N1CCNCC1. The Kier molecular flexibility index (Phi) is 4.93. The summed E-state index contributed by atoms with van der Waals surface area (Å²) < 4.78 is 0. The number of carboxylic acids is 1. The average Bonchev–Trinajstić information content (AvgIpc) is 2.42. The molecule has 1 saturated heterocycles. The van der Waals surface area contributed by atoms with Gasteiger partial charge >= 0.3 is 5.97 Å². The van der Waals surface area contributed by atoms with Gasteiger partial charge in [0, 0.05) is 26.2 Å². The van der Waals surface area contributed by atoms with Gasteiger partial charge in [0.05, 0.1) is 0 Å². The summed E-state index contributed by atoms with van der Waals surface area (Å²) in [7, 11) is 0. The first-order valence-electron chi connectivity index (χ1n) is 6.90. The highest BCUT2D eigenvalue weighted by molar-refractivity contribution is 5.73. The van der Waals surface area contributed by atoms with Gasteiger partial charge in [-0.05, 0) is 30.9 Å². The Labute approximate surface area is 114 Å². The molecule has 4 nitrogen and oxygen atoms in total. The first-order chi connectivity index (χ1) is 9.18. The first kappa shape index (κ1) is 14.0. The van der Waals surface area contributed by atoms with E-state index in [-0.39, 0.29) is 6.04 Å². The second kappa shape index (κ2) is 6.68. The summed E-state index contributed by atoms with van der Waals surface area (Å²) in [4.78, 5) is 13.5. The van der Waals surface area contributed by atoms with E-state index >= 15 is 0 Å². The Hall–Kier alpha value is -1.39. The zero-order chi connectivity index (χ0) is 13.7.